The van der Waals surface area contributed by atoms with Gasteiger partial charge in [0.15, 0.2) is 11.5 Å². The molecule has 110 valence electrons. The van der Waals surface area contributed by atoms with E-state index in [1.54, 1.807) is 0 Å². The first-order chi connectivity index (χ1) is 9.65. The van der Waals surface area contributed by atoms with Gasteiger partial charge in [-0.25, -0.2) is 0 Å². The average Bonchev–Trinajstić information content (AvgIpc) is 2.85. The van der Waals surface area contributed by atoms with Crippen molar-refractivity contribution in [1.29, 1.82) is 0 Å². The van der Waals surface area contributed by atoms with Gasteiger partial charge in [0.05, 0.1) is 5.60 Å². The minimum atomic E-state index is -0.534. The molecule has 0 amide bonds. The van der Waals surface area contributed by atoms with Crippen LogP contribution in [0.5, 0.6) is 11.5 Å². The number of rotatable bonds is 4. The molecule has 1 saturated carbocycles. The van der Waals surface area contributed by atoms with Crippen LogP contribution in [0.4, 0.5) is 0 Å². The normalized spacial score (nSPS) is 28.6. The maximum absolute atomic E-state index is 10.6. The van der Waals surface area contributed by atoms with Gasteiger partial charge in [-0.3, -0.25) is 0 Å². The number of fused-ring (bicyclic) bond motifs is 1. The first-order valence-electron chi connectivity index (χ1n) is 7.46. The lowest BCUT2D eigenvalue weighted by molar-refractivity contribution is -0.0119. The fraction of sp³-hybridized carbons (Fsp3) is 0.625. The smallest absolute Gasteiger partial charge is 0.231 e. The molecule has 1 fully saturated rings. The van der Waals surface area contributed by atoms with Crippen LogP contribution < -0.4 is 14.8 Å². The summed E-state index contributed by atoms with van der Waals surface area (Å²) in [6.45, 7) is 3.94. The molecule has 1 aliphatic carbocycles. The van der Waals surface area contributed by atoms with Crippen molar-refractivity contribution >= 4 is 0 Å². The second-order valence-corrected chi connectivity index (χ2v) is 6.22. The fourth-order valence-electron chi connectivity index (χ4n) is 3.28. The van der Waals surface area contributed by atoms with Crippen LogP contribution in [0, 0.1) is 5.92 Å². The van der Waals surface area contributed by atoms with Gasteiger partial charge in [-0.15, -0.1) is 0 Å². The molecule has 0 spiro atoms. The van der Waals surface area contributed by atoms with Gasteiger partial charge in [0, 0.05) is 13.1 Å². The molecule has 1 aromatic rings. The molecule has 0 aromatic heterocycles. The largest absolute Gasteiger partial charge is 0.454 e. The summed E-state index contributed by atoms with van der Waals surface area (Å²) in [5.41, 5.74) is 0.621. The van der Waals surface area contributed by atoms with Gasteiger partial charge in [-0.05, 0) is 36.5 Å². The van der Waals surface area contributed by atoms with Crippen LogP contribution in [-0.4, -0.2) is 24.0 Å². The minimum absolute atomic E-state index is 0.309. The van der Waals surface area contributed by atoms with Crippen LogP contribution in [0.2, 0.25) is 0 Å². The number of hydrogen-bond donors (Lipinski definition) is 2. The number of ether oxygens (including phenoxy) is 2. The summed E-state index contributed by atoms with van der Waals surface area (Å²) < 4.78 is 10.7. The first kappa shape index (κ1) is 13.7. The van der Waals surface area contributed by atoms with Gasteiger partial charge < -0.3 is 19.9 Å². The summed E-state index contributed by atoms with van der Waals surface area (Å²) in [5, 5.41) is 13.9. The average molecular weight is 277 g/mol. The summed E-state index contributed by atoms with van der Waals surface area (Å²) in [7, 11) is 0. The molecule has 1 heterocycles. The van der Waals surface area contributed by atoms with E-state index in [1.807, 2.05) is 18.2 Å². The zero-order chi connectivity index (χ0) is 14.0. The summed E-state index contributed by atoms with van der Waals surface area (Å²) >= 11 is 0. The lowest BCUT2D eigenvalue weighted by Gasteiger charge is -2.35. The fourth-order valence-corrected chi connectivity index (χ4v) is 3.28. The maximum Gasteiger partial charge on any atom is 0.231 e. The molecule has 2 unspecified atom stereocenters. The molecule has 0 radical (unpaired) electrons. The highest BCUT2D eigenvalue weighted by Gasteiger charge is 2.32. The summed E-state index contributed by atoms with van der Waals surface area (Å²) in [5.74, 6) is 2.25. The number of hydrogen-bond acceptors (Lipinski definition) is 4. The zero-order valence-corrected chi connectivity index (χ0v) is 12.0. The minimum Gasteiger partial charge on any atom is -0.454 e. The quantitative estimate of drug-likeness (QED) is 0.887. The van der Waals surface area contributed by atoms with E-state index in [-0.39, 0.29) is 0 Å². The number of nitrogens with one attached hydrogen (secondary N) is 1. The third-order valence-electron chi connectivity index (χ3n) is 4.29. The third-order valence-corrected chi connectivity index (χ3v) is 4.29. The Labute approximate surface area is 120 Å². The Bertz CT molecular complexity index is 477. The molecule has 2 aliphatic rings. The molecule has 0 bridgehead atoms. The summed E-state index contributed by atoms with van der Waals surface area (Å²) in [6.07, 6.45) is 4.18. The highest BCUT2D eigenvalue weighted by atomic mass is 16.7. The molecule has 1 aromatic carbocycles. The molecule has 2 atom stereocenters. The Hall–Kier alpha value is -1.26. The van der Waals surface area contributed by atoms with Gasteiger partial charge in [0.2, 0.25) is 6.79 Å². The monoisotopic (exact) mass is 277 g/mol. The predicted octanol–water partition coefficient (Wildman–Crippen LogP) is 2.45. The van der Waals surface area contributed by atoms with E-state index in [1.165, 1.54) is 6.42 Å². The van der Waals surface area contributed by atoms with Crippen molar-refractivity contribution in [3.05, 3.63) is 23.8 Å². The Morgan fingerprint density at radius 3 is 3.05 bits per heavy atom. The van der Waals surface area contributed by atoms with Gasteiger partial charge in [0.1, 0.15) is 0 Å². The number of benzene rings is 1. The molecule has 0 saturated heterocycles. The van der Waals surface area contributed by atoms with Crippen LogP contribution >= 0.6 is 0 Å². The standard InChI is InChI=1S/C16H23NO3/c1-12-3-2-6-16(18,8-12)10-17-9-13-4-5-14-15(7-13)20-11-19-14/h4-5,7,12,17-18H,2-3,6,8-11H2,1H3. The second kappa shape index (κ2) is 5.62. The first-order valence-corrected chi connectivity index (χ1v) is 7.46. The van der Waals surface area contributed by atoms with Crippen molar-refractivity contribution < 1.29 is 14.6 Å². The lowest BCUT2D eigenvalue weighted by Crippen LogP contribution is -2.43. The van der Waals surface area contributed by atoms with Crippen molar-refractivity contribution in [3.63, 3.8) is 0 Å². The van der Waals surface area contributed by atoms with Gasteiger partial charge in [-0.1, -0.05) is 25.8 Å². The highest BCUT2D eigenvalue weighted by Crippen LogP contribution is 2.33. The zero-order valence-electron chi connectivity index (χ0n) is 12.0. The van der Waals surface area contributed by atoms with Crippen LogP contribution in [0.1, 0.15) is 38.2 Å². The van der Waals surface area contributed by atoms with Crippen LogP contribution in [0.3, 0.4) is 0 Å². The Kier molecular flexibility index (Phi) is 3.85. The van der Waals surface area contributed by atoms with E-state index in [2.05, 4.69) is 12.2 Å². The van der Waals surface area contributed by atoms with Gasteiger partial charge in [0.25, 0.3) is 0 Å². The van der Waals surface area contributed by atoms with Crippen molar-refractivity contribution in [2.45, 2.75) is 44.8 Å². The van der Waals surface area contributed by atoms with Gasteiger partial charge in [-0.2, -0.15) is 0 Å². The van der Waals surface area contributed by atoms with Crippen LogP contribution in [0.25, 0.3) is 0 Å². The van der Waals surface area contributed by atoms with E-state index in [4.69, 9.17) is 9.47 Å². The molecule has 20 heavy (non-hydrogen) atoms. The predicted molar refractivity (Wildman–Crippen MR) is 76.9 cm³/mol. The third kappa shape index (κ3) is 3.07. The molecule has 4 nitrogen and oxygen atoms in total. The van der Waals surface area contributed by atoms with E-state index in [0.717, 1.165) is 42.9 Å². The molecular weight excluding hydrogens is 254 g/mol. The van der Waals surface area contributed by atoms with Crippen LogP contribution in [0.15, 0.2) is 18.2 Å². The Morgan fingerprint density at radius 1 is 1.35 bits per heavy atom. The molecule has 4 heteroatoms. The van der Waals surface area contributed by atoms with E-state index >= 15 is 0 Å². The topological polar surface area (TPSA) is 50.7 Å². The lowest BCUT2D eigenvalue weighted by atomic mass is 9.79. The SMILES string of the molecule is CC1CCCC(O)(CNCc2ccc3c(c2)OCO3)C1. The van der Waals surface area contributed by atoms with Crippen molar-refractivity contribution in [3.8, 4) is 11.5 Å². The maximum atomic E-state index is 10.6. The van der Waals surface area contributed by atoms with Crippen LogP contribution in [-0.2, 0) is 6.54 Å². The second-order valence-electron chi connectivity index (χ2n) is 6.22. The van der Waals surface area contributed by atoms with E-state index in [0.29, 0.717) is 19.3 Å². The summed E-state index contributed by atoms with van der Waals surface area (Å²) in [6, 6.07) is 5.98. The Morgan fingerprint density at radius 2 is 2.20 bits per heavy atom. The van der Waals surface area contributed by atoms with E-state index < -0.39 is 5.60 Å². The molecule has 3 rings (SSSR count). The highest BCUT2D eigenvalue weighted by molar-refractivity contribution is 5.44. The Balaban J connectivity index is 1.52. The molecule has 1 aliphatic heterocycles. The van der Waals surface area contributed by atoms with Crippen molar-refractivity contribution in [2.75, 3.05) is 13.3 Å². The van der Waals surface area contributed by atoms with Gasteiger partial charge >= 0.3 is 0 Å². The van der Waals surface area contributed by atoms with Crippen molar-refractivity contribution in [1.82, 2.24) is 5.32 Å². The van der Waals surface area contributed by atoms with E-state index in [9.17, 15) is 5.11 Å². The number of aliphatic hydroxyl groups is 1. The molecule has 2 N–H and O–H groups in total. The van der Waals surface area contributed by atoms with Crippen molar-refractivity contribution in [2.24, 2.45) is 5.92 Å². The summed E-state index contributed by atoms with van der Waals surface area (Å²) in [4.78, 5) is 0. The molecular formula is C16H23NO3.